The molecule has 0 radical (unpaired) electrons. The highest BCUT2D eigenvalue weighted by Crippen LogP contribution is 2.39. The Balaban J connectivity index is 2.13. The van der Waals surface area contributed by atoms with E-state index in [0.717, 1.165) is 25.3 Å². The summed E-state index contributed by atoms with van der Waals surface area (Å²) in [6.45, 7) is 2.10. The van der Waals surface area contributed by atoms with Gasteiger partial charge in [-0.25, -0.2) is 0 Å². The molecule has 0 amide bonds. The van der Waals surface area contributed by atoms with Gasteiger partial charge in [0.05, 0.1) is 7.11 Å². The van der Waals surface area contributed by atoms with Crippen LogP contribution in [-0.2, 0) is 6.54 Å². The number of hydrogen-bond acceptors (Lipinski definition) is 2. The van der Waals surface area contributed by atoms with E-state index >= 15 is 0 Å². The fourth-order valence-electron chi connectivity index (χ4n) is 3.18. The highest BCUT2D eigenvalue weighted by molar-refractivity contribution is 5.48. The van der Waals surface area contributed by atoms with E-state index in [1.807, 2.05) is 0 Å². The number of hydrogen-bond donors (Lipinski definition) is 0. The molecule has 0 bridgehead atoms. The second-order valence-electron chi connectivity index (χ2n) is 5.52. The van der Waals surface area contributed by atoms with Crippen LogP contribution in [0.5, 0.6) is 5.75 Å². The van der Waals surface area contributed by atoms with E-state index in [1.165, 1.54) is 16.7 Å². The molecule has 0 aromatic heterocycles. The maximum Gasteiger partial charge on any atom is 0.122 e. The average molecular weight is 267 g/mol. The van der Waals surface area contributed by atoms with Crippen molar-refractivity contribution in [1.82, 2.24) is 4.90 Å². The van der Waals surface area contributed by atoms with Crippen LogP contribution in [0.25, 0.3) is 0 Å². The first kappa shape index (κ1) is 13.2. The second-order valence-corrected chi connectivity index (χ2v) is 5.52. The molecule has 2 nitrogen and oxygen atoms in total. The van der Waals surface area contributed by atoms with Crippen LogP contribution in [0, 0.1) is 0 Å². The summed E-state index contributed by atoms with van der Waals surface area (Å²) in [5.41, 5.74) is 4.14. The lowest BCUT2D eigenvalue weighted by Gasteiger charge is -2.20. The molecule has 2 aromatic rings. The molecule has 1 unspecified atom stereocenters. The molecule has 0 saturated carbocycles. The lowest BCUT2D eigenvalue weighted by Crippen LogP contribution is -2.17. The maximum atomic E-state index is 5.64. The molecule has 0 aliphatic carbocycles. The Labute approximate surface area is 121 Å². The van der Waals surface area contributed by atoms with E-state index in [2.05, 4.69) is 60.5 Å². The van der Waals surface area contributed by atoms with Crippen molar-refractivity contribution in [2.45, 2.75) is 18.9 Å². The minimum absolute atomic E-state index is 0.423. The Bertz CT molecular complexity index is 579. The quantitative estimate of drug-likeness (QED) is 0.823. The van der Waals surface area contributed by atoms with Gasteiger partial charge in [-0.15, -0.1) is 0 Å². The van der Waals surface area contributed by atoms with Gasteiger partial charge in [0.25, 0.3) is 0 Å². The number of methoxy groups -OCH3 is 1. The van der Waals surface area contributed by atoms with Crippen LogP contribution in [0.3, 0.4) is 0 Å². The average Bonchev–Trinajstić information content (AvgIpc) is 2.66. The summed E-state index contributed by atoms with van der Waals surface area (Å²) >= 11 is 0. The van der Waals surface area contributed by atoms with Crippen LogP contribution in [-0.4, -0.2) is 25.6 Å². The minimum Gasteiger partial charge on any atom is -0.496 e. The van der Waals surface area contributed by atoms with Crippen molar-refractivity contribution >= 4 is 0 Å². The van der Waals surface area contributed by atoms with Crippen molar-refractivity contribution in [2.75, 3.05) is 20.7 Å². The van der Waals surface area contributed by atoms with Gasteiger partial charge in [-0.05, 0) is 37.2 Å². The molecule has 0 spiro atoms. The maximum absolute atomic E-state index is 5.64. The summed E-state index contributed by atoms with van der Waals surface area (Å²) in [7, 11) is 3.96. The first-order valence-electron chi connectivity index (χ1n) is 7.19. The first-order chi connectivity index (χ1) is 9.79. The van der Waals surface area contributed by atoms with E-state index in [9.17, 15) is 0 Å². The molecule has 3 rings (SSSR count). The van der Waals surface area contributed by atoms with Gasteiger partial charge in [0.2, 0.25) is 0 Å². The molecule has 2 heteroatoms. The predicted octanol–water partition coefficient (Wildman–Crippen LogP) is 3.66. The molecule has 2 aromatic carbocycles. The van der Waals surface area contributed by atoms with Gasteiger partial charge in [-0.3, -0.25) is 0 Å². The lowest BCUT2D eigenvalue weighted by atomic mass is 9.86. The van der Waals surface area contributed by atoms with Crippen molar-refractivity contribution in [3.05, 3.63) is 65.2 Å². The zero-order valence-corrected chi connectivity index (χ0v) is 12.2. The Hall–Kier alpha value is -1.80. The van der Waals surface area contributed by atoms with Gasteiger partial charge in [-0.2, -0.15) is 0 Å². The summed E-state index contributed by atoms with van der Waals surface area (Å²) in [5.74, 6) is 1.44. The number of rotatable bonds is 2. The van der Waals surface area contributed by atoms with Gasteiger partial charge in [0, 0.05) is 18.0 Å². The topological polar surface area (TPSA) is 12.5 Å². The molecular formula is C18H21NO. The standard InChI is InChI=1S/C18H21NO/c1-19-12-11-16(14-7-4-3-5-8-14)18-15(13-19)9-6-10-17(18)20-2/h3-10,16H,11-13H2,1-2H3. The van der Waals surface area contributed by atoms with Gasteiger partial charge in [0.1, 0.15) is 5.75 Å². The monoisotopic (exact) mass is 267 g/mol. The number of benzene rings is 2. The minimum atomic E-state index is 0.423. The molecule has 0 fully saturated rings. The van der Waals surface area contributed by atoms with E-state index in [1.54, 1.807) is 7.11 Å². The van der Waals surface area contributed by atoms with Gasteiger partial charge in [0.15, 0.2) is 0 Å². The molecule has 1 aliphatic rings. The Kier molecular flexibility index (Phi) is 3.75. The fraction of sp³-hybridized carbons (Fsp3) is 0.333. The van der Waals surface area contributed by atoms with E-state index in [0.29, 0.717) is 5.92 Å². The molecule has 1 aliphatic heterocycles. The SMILES string of the molecule is COc1cccc2c1C(c1ccccc1)CCN(C)C2. The number of fused-ring (bicyclic) bond motifs is 1. The zero-order chi connectivity index (χ0) is 13.9. The highest BCUT2D eigenvalue weighted by atomic mass is 16.5. The molecule has 20 heavy (non-hydrogen) atoms. The van der Waals surface area contributed by atoms with Crippen molar-refractivity contribution in [3.63, 3.8) is 0 Å². The third-order valence-corrected chi connectivity index (χ3v) is 4.17. The van der Waals surface area contributed by atoms with E-state index in [4.69, 9.17) is 4.74 Å². The van der Waals surface area contributed by atoms with Gasteiger partial charge < -0.3 is 9.64 Å². The van der Waals surface area contributed by atoms with E-state index < -0.39 is 0 Å². The highest BCUT2D eigenvalue weighted by Gasteiger charge is 2.25. The van der Waals surface area contributed by atoms with Gasteiger partial charge >= 0.3 is 0 Å². The molecule has 0 N–H and O–H groups in total. The molecule has 104 valence electrons. The summed E-state index contributed by atoms with van der Waals surface area (Å²) in [6.07, 6.45) is 1.13. The fourth-order valence-corrected chi connectivity index (χ4v) is 3.18. The Morgan fingerprint density at radius 1 is 1.05 bits per heavy atom. The normalized spacial score (nSPS) is 19.2. The molecule has 1 atom stereocenters. The van der Waals surface area contributed by atoms with Crippen molar-refractivity contribution in [3.8, 4) is 5.75 Å². The first-order valence-corrected chi connectivity index (χ1v) is 7.19. The number of nitrogens with zero attached hydrogens (tertiary/aromatic N) is 1. The summed E-state index contributed by atoms with van der Waals surface area (Å²) in [4.78, 5) is 2.39. The third kappa shape index (κ3) is 2.44. The van der Waals surface area contributed by atoms with Crippen LogP contribution >= 0.6 is 0 Å². The smallest absolute Gasteiger partial charge is 0.122 e. The summed E-state index contributed by atoms with van der Waals surface area (Å²) in [6, 6.07) is 17.2. The zero-order valence-electron chi connectivity index (χ0n) is 12.2. The molecule has 1 heterocycles. The van der Waals surface area contributed by atoms with Crippen molar-refractivity contribution < 1.29 is 4.74 Å². The second kappa shape index (κ2) is 5.68. The van der Waals surface area contributed by atoms with Crippen LogP contribution in [0.15, 0.2) is 48.5 Å². The molecule has 0 saturated heterocycles. The van der Waals surface area contributed by atoms with Crippen LogP contribution in [0.2, 0.25) is 0 Å². The van der Waals surface area contributed by atoms with E-state index in [-0.39, 0.29) is 0 Å². The van der Waals surface area contributed by atoms with Crippen molar-refractivity contribution in [1.29, 1.82) is 0 Å². The number of ether oxygens (including phenoxy) is 1. The molecular weight excluding hydrogens is 246 g/mol. The Morgan fingerprint density at radius 3 is 2.60 bits per heavy atom. The summed E-state index contributed by atoms with van der Waals surface area (Å²) in [5, 5.41) is 0. The van der Waals surface area contributed by atoms with Crippen LogP contribution in [0.4, 0.5) is 0 Å². The van der Waals surface area contributed by atoms with Crippen molar-refractivity contribution in [2.24, 2.45) is 0 Å². The van der Waals surface area contributed by atoms with Crippen LogP contribution < -0.4 is 4.74 Å². The predicted molar refractivity (Wildman–Crippen MR) is 82.2 cm³/mol. The van der Waals surface area contributed by atoms with Gasteiger partial charge in [-0.1, -0.05) is 42.5 Å². The summed E-state index contributed by atoms with van der Waals surface area (Å²) < 4.78 is 5.64. The largest absolute Gasteiger partial charge is 0.496 e. The third-order valence-electron chi connectivity index (χ3n) is 4.17. The lowest BCUT2D eigenvalue weighted by molar-refractivity contribution is 0.328. The van der Waals surface area contributed by atoms with Crippen LogP contribution in [0.1, 0.15) is 29.0 Å². The Morgan fingerprint density at radius 2 is 1.85 bits per heavy atom.